The summed E-state index contributed by atoms with van der Waals surface area (Å²) in [6.07, 6.45) is 0.701. The summed E-state index contributed by atoms with van der Waals surface area (Å²) in [5.41, 5.74) is -0.326. The Bertz CT molecular complexity index is 689. The van der Waals surface area contributed by atoms with Gasteiger partial charge in [-0.2, -0.15) is 0 Å². The summed E-state index contributed by atoms with van der Waals surface area (Å²) in [6, 6.07) is 2.52. The van der Waals surface area contributed by atoms with Gasteiger partial charge in [0.05, 0.1) is 11.3 Å². The van der Waals surface area contributed by atoms with Crippen LogP contribution in [0.2, 0.25) is 0 Å². The summed E-state index contributed by atoms with van der Waals surface area (Å²) in [6.45, 7) is 1.91. The third kappa shape index (κ3) is 3.72. The van der Waals surface area contributed by atoms with Crippen molar-refractivity contribution in [2.24, 2.45) is 0 Å². The molecule has 0 saturated heterocycles. The average Bonchev–Trinajstić information content (AvgIpc) is 2.88. The summed E-state index contributed by atoms with van der Waals surface area (Å²) in [5.74, 6) is -2.08. The summed E-state index contributed by atoms with van der Waals surface area (Å²) >= 11 is 1.22. The number of nitrogens with one attached hydrogen (secondary N) is 2. The second-order valence-electron chi connectivity index (χ2n) is 3.93. The molecule has 2 rings (SSSR count). The normalized spacial score (nSPS) is 10.2. The first kappa shape index (κ1) is 14.9. The Hall–Kier alpha value is -2.55. The number of rotatable bonds is 4. The van der Waals surface area contributed by atoms with E-state index in [4.69, 9.17) is 5.11 Å². The SMILES string of the molecule is CCc1nnc(NC(=O)Nc2ccc(C(=O)O)cc2F)s1. The smallest absolute Gasteiger partial charge is 0.335 e. The zero-order chi connectivity index (χ0) is 15.4. The number of aromatic nitrogens is 2. The van der Waals surface area contributed by atoms with E-state index < -0.39 is 17.8 Å². The van der Waals surface area contributed by atoms with E-state index in [-0.39, 0.29) is 11.3 Å². The third-order valence-electron chi connectivity index (χ3n) is 2.45. The number of hydrogen-bond donors (Lipinski definition) is 3. The highest BCUT2D eigenvalue weighted by molar-refractivity contribution is 7.15. The molecule has 0 aliphatic carbocycles. The third-order valence-corrected chi connectivity index (χ3v) is 3.44. The van der Waals surface area contributed by atoms with Crippen LogP contribution >= 0.6 is 11.3 Å². The van der Waals surface area contributed by atoms with Gasteiger partial charge in [0.15, 0.2) is 0 Å². The predicted molar refractivity (Wildman–Crippen MR) is 75.3 cm³/mol. The molecule has 2 aromatic rings. The van der Waals surface area contributed by atoms with Crippen molar-refractivity contribution in [2.45, 2.75) is 13.3 Å². The molecular weight excluding hydrogens is 299 g/mol. The number of aryl methyl sites for hydroxylation is 1. The fourth-order valence-electron chi connectivity index (χ4n) is 1.45. The Labute approximate surface area is 122 Å². The number of anilines is 2. The van der Waals surface area contributed by atoms with Gasteiger partial charge in [0.2, 0.25) is 5.13 Å². The number of carbonyl (C=O) groups excluding carboxylic acids is 1. The molecule has 9 heteroatoms. The molecule has 0 radical (unpaired) electrons. The van der Waals surface area contributed by atoms with Crippen LogP contribution in [0.15, 0.2) is 18.2 Å². The lowest BCUT2D eigenvalue weighted by Gasteiger charge is -2.06. The molecule has 1 aromatic heterocycles. The van der Waals surface area contributed by atoms with Gasteiger partial charge in [0.1, 0.15) is 10.8 Å². The van der Waals surface area contributed by atoms with Gasteiger partial charge >= 0.3 is 12.0 Å². The minimum Gasteiger partial charge on any atom is -0.478 e. The van der Waals surface area contributed by atoms with Gasteiger partial charge in [0, 0.05) is 0 Å². The quantitative estimate of drug-likeness (QED) is 0.805. The zero-order valence-electron chi connectivity index (χ0n) is 10.9. The lowest BCUT2D eigenvalue weighted by molar-refractivity contribution is 0.0696. The molecule has 0 spiro atoms. The Kier molecular flexibility index (Phi) is 4.43. The number of halogens is 1. The number of hydrogen-bond acceptors (Lipinski definition) is 5. The fraction of sp³-hybridized carbons (Fsp3) is 0.167. The first-order chi connectivity index (χ1) is 9.99. The van der Waals surface area contributed by atoms with Crippen LogP contribution in [0.3, 0.4) is 0 Å². The van der Waals surface area contributed by atoms with Gasteiger partial charge in [-0.05, 0) is 24.6 Å². The summed E-state index contributed by atoms with van der Waals surface area (Å²) in [4.78, 5) is 22.4. The van der Waals surface area contributed by atoms with Crippen LogP contribution in [0.4, 0.5) is 20.0 Å². The van der Waals surface area contributed by atoms with Gasteiger partial charge in [0.25, 0.3) is 0 Å². The lowest BCUT2D eigenvalue weighted by Crippen LogP contribution is -2.20. The van der Waals surface area contributed by atoms with Crippen LogP contribution in [-0.4, -0.2) is 27.3 Å². The van der Waals surface area contributed by atoms with Crippen LogP contribution in [0.5, 0.6) is 0 Å². The van der Waals surface area contributed by atoms with Crippen LogP contribution < -0.4 is 10.6 Å². The topological polar surface area (TPSA) is 104 Å². The number of aromatic carboxylic acids is 1. The van der Waals surface area contributed by atoms with E-state index in [1.54, 1.807) is 0 Å². The average molecular weight is 310 g/mol. The number of carboxylic acid groups (broad SMARTS) is 1. The summed E-state index contributed by atoms with van der Waals surface area (Å²) in [7, 11) is 0. The molecule has 2 amide bonds. The number of benzene rings is 1. The number of carbonyl (C=O) groups is 2. The molecule has 7 nitrogen and oxygen atoms in total. The van der Waals surface area contributed by atoms with Crippen molar-refractivity contribution in [3.8, 4) is 0 Å². The van der Waals surface area contributed by atoms with Crippen molar-refractivity contribution in [2.75, 3.05) is 10.6 Å². The van der Waals surface area contributed by atoms with E-state index in [1.807, 2.05) is 6.92 Å². The molecule has 1 aromatic carbocycles. The molecule has 0 aliphatic rings. The van der Waals surface area contributed by atoms with E-state index in [2.05, 4.69) is 20.8 Å². The maximum absolute atomic E-state index is 13.6. The van der Waals surface area contributed by atoms with Gasteiger partial charge in [-0.1, -0.05) is 18.3 Å². The van der Waals surface area contributed by atoms with E-state index in [1.165, 1.54) is 23.5 Å². The lowest BCUT2D eigenvalue weighted by atomic mass is 10.2. The maximum Gasteiger partial charge on any atom is 0.335 e. The Morgan fingerprint density at radius 3 is 2.67 bits per heavy atom. The van der Waals surface area contributed by atoms with Crippen molar-refractivity contribution >= 4 is 34.2 Å². The van der Waals surface area contributed by atoms with Crippen LogP contribution in [0.25, 0.3) is 0 Å². The molecule has 0 saturated carbocycles. The van der Waals surface area contributed by atoms with Crippen molar-refractivity contribution < 1.29 is 19.1 Å². The molecule has 110 valence electrons. The monoisotopic (exact) mass is 310 g/mol. The number of amides is 2. The van der Waals surface area contributed by atoms with Crippen molar-refractivity contribution in [1.29, 1.82) is 0 Å². The highest BCUT2D eigenvalue weighted by Gasteiger charge is 2.12. The Morgan fingerprint density at radius 1 is 1.33 bits per heavy atom. The molecular formula is C12H11FN4O3S. The number of carboxylic acids is 1. The summed E-state index contributed by atoms with van der Waals surface area (Å²) in [5, 5.41) is 22.1. The van der Waals surface area contributed by atoms with Crippen LogP contribution in [0, 0.1) is 5.82 Å². The highest BCUT2D eigenvalue weighted by Crippen LogP contribution is 2.18. The van der Waals surface area contributed by atoms with Crippen molar-refractivity contribution in [3.05, 3.63) is 34.6 Å². The van der Waals surface area contributed by atoms with Gasteiger partial charge in [-0.3, -0.25) is 5.32 Å². The standard InChI is InChI=1S/C12H11FN4O3S/c1-2-9-16-17-12(21-9)15-11(20)14-8-4-3-6(10(18)19)5-7(8)13/h3-5H,2H2,1H3,(H,18,19)(H2,14,15,17,20). The largest absolute Gasteiger partial charge is 0.478 e. The van der Waals surface area contributed by atoms with Crippen LogP contribution in [0.1, 0.15) is 22.3 Å². The molecule has 21 heavy (non-hydrogen) atoms. The molecule has 0 aliphatic heterocycles. The number of nitrogens with zero attached hydrogens (tertiary/aromatic N) is 2. The predicted octanol–water partition coefficient (Wildman–Crippen LogP) is 2.58. The van der Waals surface area contributed by atoms with E-state index >= 15 is 0 Å². The second-order valence-corrected chi connectivity index (χ2v) is 5.00. The fourth-order valence-corrected chi connectivity index (χ4v) is 2.12. The minimum atomic E-state index is -1.24. The zero-order valence-corrected chi connectivity index (χ0v) is 11.7. The van der Waals surface area contributed by atoms with E-state index in [0.29, 0.717) is 11.6 Å². The molecule has 0 unspecified atom stereocenters. The molecule has 1 heterocycles. The Balaban J connectivity index is 2.04. The van der Waals surface area contributed by atoms with Crippen molar-refractivity contribution in [3.63, 3.8) is 0 Å². The van der Waals surface area contributed by atoms with E-state index in [9.17, 15) is 14.0 Å². The minimum absolute atomic E-state index is 0.127. The number of urea groups is 1. The molecule has 0 fully saturated rings. The van der Waals surface area contributed by atoms with E-state index in [0.717, 1.165) is 11.1 Å². The molecule has 3 N–H and O–H groups in total. The highest BCUT2D eigenvalue weighted by atomic mass is 32.1. The van der Waals surface area contributed by atoms with Gasteiger partial charge in [-0.15, -0.1) is 10.2 Å². The van der Waals surface area contributed by atoms with Gasteiger partial charge in [-0.25, -0.2) is 14.0 Å². The van der Waals surface area contributed by atoms with Gasteiger partial charge < -0.3 is 10.4 Å². The van der Waals surface area contributed by atoms with Crippen LogP contribution in [-0.2, 0) is 6.42 Å². The molecule has 0 atom stereocenters. The first-order valence-corrected chi connectivity index (χ1v) is 6.74. The maximum atomic E-state index is 13.6. The second kappa shape index (κ2) is 6.27. The first-order valence-electron chi connectivity index (χ1n) is 5.92. The summed E-state index contributed by atoms with van der Waals surface area (Å²) < 4.78 is 13.6. The van der Waals surface area contributed by atoms with Crippen molar-refractivity contribution in [1.82, 2.24) is 10.2 Å². The Morgan fingerprint density at radius 2 is 2.10 bits per heavy atom. The molecule has 0 bridgehead atoms.